The van der Waals surface area contributed by atoms with Crippen LogP contribution >= 0.6 is 0 Å². The molecule has 2 fully saturated rings. The molecule has 9 nitrogen and oxygen atoms in total. The number of imidazole rings is 1. The van der Waals surface area contributed by atoms with Gasteiger partial charge in [-0.2, -0.15) is 10.2 Å². The summed E-state index contributed by atoms with van der Waals surface area (Å²) in [5, 5.41) is 13.7. The van der Waals surface area contributed by atoms with Crippen molar-refractivity contribution in [3.05, 3.63) is 65.2 Å². The number of carbonyl (C=O) groups is 1. The van der Waals surface area contributed by atoms with Crippen molar-refractivity contribution < 1.29 is 13.9 Å². The SMILES string of the molecule is Cc1c(C#N)cccc1C(C)Nc1nc2nccn2c2cc(F)c(N3CCN(C(=O)C4COC4)CC3C)cc12. The molecule has 0 aliphatic carbocycles. The Morgan fingerprint density at radius 3 is 2.82 bits per heavy atom. The molecule has 6 rings (SSSR count). The number of anilines is 2. The van der Waals surface area contributed by atoms with Crippen molar-refractivity contribution in [3.63, 3.8) is 0 Å². The molecule has 2 aromatic heterocycles. The maximum atomic E-state index is 15.7. The summed E-state index contributed by atoms with van der Waals surface area (Å²) in [5.74, 6) is 0.782. The molecule has 2 aliphatic rings. The second-order valence-electron chi connectivity index (χ2n) is 10.4. The molecular weight excluding hydrogens is 497 g/mol. The van der Waals surface area contributed by atoms with Crippen LogP contribution in [0.5, 0.6) is 0 Å². The standard InChI is InChI=1S/C29H30FN7O2/c1-17-14-35(28(38)21-15-39-16-21)9-10-36(17)26-11-23-25(12-24(26)30)37-8-7-32-29(37)34-27(23)33-19(3)22-6-4-5-20(13-31)18(22)2/h4-8,11-12,17,19,21H,9-10,14-16H2,1-3H3,(H,32,33,34). The van der Waals surface area contributed by atoms with Gasteiger partial charge in [0.2, 0.25) is 11.7 Å². The lowest BCUT2D eigenvalue weighted by Gasteiger charge is -2.43. The first-order valence-electron chi connectivity index (χ1n) is 13.2. The van der Waals surface area contributed by atoms with E-state index in [2.05, 4.69) is 16.4 Å². The van der Waals surface area contributed by atoms with E-state index in [0.717, 1.165) is 16.5 Å². The van der Waals surface area contributed by atoms with Gasteiger partial charge in [0.15, 0.2) is 0 Å². The van der Waals surface area contributed by atoms with Crippen molar-refractivity contribution in [2.75, 3.05) is 43.1 Å². The van der Waals surface area contributed by atoms with Crippen LogP contribution in [0.4, 0.5) is 15.9 Å². The van der Waals surface area contributed by atoms with Gasteiger partial charge < -0.3 is 19.9 Å². The summed E-state index contributed by atoms with van der Waals surface area (Å²) in [7, 11) is 0. The number of fused-ring (bicyclic) bond motifs is 3. The first kappa shape index (κ1) is 25.1. The second-order valence-corrected chi connectivity index (χ2v) is 10.4. The van der Waals surface area contributed by atoms with E-state index < -0.39 is 0 Å². The fourth-order valence-electron chi connectivity index (χ4n) is 5.68. The zero-order chi connectivity index (χ0) is 27.3. The predicted octanol–water partition coefficient (Wildman–Crippen LogP) is 4.06. The number of hydrogen-bond donors (Lipinski definition) is 1. The third-order valence-corrected chi connectivity index (χ3v) is 7.96. The Bertz CT molecular complexity index is 1620. The van der Waals surface area contributed by atoms with Crippen LogP contribution in [0.15, 0.2) is 42.7 Å². The normalized spacial score (nSPS) is 18.7. The number of ether oxygens (including phenoxy) is 1. The molecule has 10 heteroatoms. The average Bonchev–Trinajstić information content (AvgIpc) is 3.36. The molecule has 2 aromatic carbocycles. The maximum absolute atomic E-state index is 15.7. The Kier molecular flexibility index (Phi) is 6.31. The van der Waals surface area contributed by atoms with Crippen LogP contribution in [0.1, 0.15) is 36.6 Å². The van der Waals surface area contributed by atoms with Crippen molar-refractivity contribution in [1.29, 1.82) is 5.26 Å². The Labute approximate surface area is 225 Å². The lowest BCUT2D eigenvalue weighted by molar-refractivity contribution is -0.150. The minimum absolute atomic E-state index is 0.0575. The van der Waals surface area contributed by atoms with E-state index in [1.165, 1.54) is 6.07 Å². The fourth-order valence-corrected chi connectivity index (χ4v) is 5.68. The topological polar surface area (TPSA) is 98.8 Å². The summed E-state index contributed by atoms with van der Waals surface area (Å²) < 4.78 is 22.7. The fraction of sp³-hybridized carbons (Fsp3) is 0.379. The van der Waals surface area contributed by atoms with Crippen LogP contribution in [-0.4, -0.2) is 64.1 Å². The monoisotopic (exact) mass is 527 g/mol. The molecule has 1 amide bonds. The van der Waals surface area contributed by atoms with Gasteiger partial charge in [-0.25, -0.2) is 9.37 Å². The molecule has 2 unspecified atom stereocenters. The number of halogens is 1. The van der Waals surface area contributed by atoms with Crippen LogP contribution in [0.25, 0.3) is 16.7 Å². The van der Waals surface area contributed by atoms with E-state index in [0.29, 0.717) is 61.2 Å². The van der Waals surface area contributed by atoms with Crippen LogP contribution in [-0.2, 0) is 9.53 Å². The second kappa shape index (κ2) is 9.82. The highest BCUT2D eigenvalue weighted by Crippen LogP contribution is 2.34. The molecule has 0 radical (unpaired) electrons. The van der Waals surface area contributed by atoms with E-state index >= 15 is 4.39 Å². The molecule has 4 heterocycles. The molecule has 2 aliphatic heterocycles. The average molecular weight is 528 g/mol. The maximum Gasteiger partial charge on any atom is 0.236 e. The van der Waals surface area contributed by atoms with Gasteiger partial charge in [-0.1, -0.05) is 12.1 Å². The van der Waals surface area contributed by atoms with Gasteiger partial charge in [0.1, 0.15) is 11.6 Å². The predicted molar refractivity (Wildman–Crippen MR) is 146 cm³/mol. The number of rotatable bonds is 5. The summed E-state index contributed by atoms with van der Waals surface area (Å²) >= 11 is 0. The van der Waals surface area contributed by atoms with E-state index in [4.69, 9.17) is 9.72 Å². The van der Waals surface area contributed by atoms with Crippen LogP contribution in [0, 0.1) is 30.0 Å². The van der Waals surface area contributed by atoms with Gasteiger partial charge >= 0.3 is 0 Å². The van der Waals surface area contributed by atoms with Crippen molar-refractivity contribution in [2.24, 2.45) is 5.92 Å². The number of aromatic nitrogens is 3. The number of nitrogens with one attached hydrogen (secondary N) is 1. The summed E-state index contributed by atoms with van der Waals surface area (Å²) in [6.07, 6.45) is 3.42. The molecule has 0 spiro atoms. The molecule has 200 valence electrons. The Morgan fingerprint density at radius 1 is 1.28 bits per heavy atom. The molecule has 2 atom stereocenters. The van der Waals surface area contributed by atoms with E-state index in [1.54, 1.807) is 22.9 Å². The summed E-state index contributed by atoms with van der Waals surface area (Å²) in [4.78, 5) is 25.8. The largest absolute Gasteiger partial charge is 0.380 e. The smallest absolute Gasteiger partial charge is 0.236 e. The lowest BCUT2D eigenvalue weighted by Crippen LogP contribution is -2.57. The van der Waals surface area contributed by atoms with E-state index in [1.807, 2.05) is 48.8 Å². The minimum Gasteiger partial charge on any atom is -0.380 e. The van der Waals surface area contributed by atoms with Gasteiger partial charge in [0, 0.05) is 49.5 Å². The van der Waals surface area contributed by atoms with Gasteiger partial charge in [-0.15, -0.1) is 0 Å². The number of nitriles is 1. The molecule has 39 heavy (non-hydrogen) atoms. The van der Waals surface area contributed by atoms with Gasteiger partial charge in [-0.05, 0) is 44.0 Å². The van der Waals surface area contributed by atoms with E-state index in [-0.39, 0.29) is 29.7 Å². The lowest BCUT2D eigenvalue weighted by atomic mass is 9.98. The number of amides is 1. The number of piperazine rings is 1. The van der Waals surface area contributed by atoms with Crippen LogP contribution in [0.3, 0.4) is 0 Å². The summed E-state index contributed by atoms with van der Waals surface area (Å²) in [5.41, 5.74) is 3.66. The minimum atomic E-state index is -0.334. The summed E-state index contributed by atoms with van der Waals surface area (Å²) in [6.45, 7) is 8.53. The van der Waals surface area contributed by atoms with E-state index in [9.17, 15) is 10.1 Å². The van der Waals surface area contributed by atoms with Crippen molar-refractivity contribution in [2.45, 2.75) is 32.9 Å². The Morgan fingerprint density at radius 2 is 2.10 bits per heavy atom. The zero-order valence-electron chi connectivity index (χ0n) is 22.2. The molecule has 4 aromatic rings. The first-order chi connectivity index (χ1) is 18.9. The Hall–Kier alpha value is -4.23. The highest BCUT2D eigenvalue weighted by Gasteiger charge is 2.35. The number of benzene rings is 2. The molecule has 0 saturated carbocycles. The molecule has 2 saturated heterocycles. The summed E-state index contributed by atoms with van der Waals surface area (Å²) in [6, 6.07) is 11.1. The highest BCUT2D eigenvalue weighted by atomic mass is 19.1. The van der Waals surface area contributed by atoms with Gasteiger partial charge in [-0.3, -0.25) is 9.20 Å². The van der Waals surface area contributed by atoms with Gasteiger partial charge in [0.05, 0.1) is 48.0 Å². The van der Waals surface area contributed by atoms with Crippen molar-refractivity contribution in [3.8, 4) is 6.07 Å². The third-order valence-electron chi connectivity index (χ3n) is 7.96. The highest BCUT2D eigenvalue weighted by molar-refractivity contribution is 5.94. The number of carbonyl (C=O) groups excluding carboxylic acids is 1. The number of hydrogen-bond acceptors (Lipinski definition) is 7. The van der Waals surface area contributed by atoms with Crippen LogP contribution in [0.2, 0.25) is 0 Å². The quantitative estimate of drug-likeness (QED) is 0.418. The number of nitrogens with zero attached hydrogens (tertiary/aromatic N) is 6. The van der Waals surface area contributed by atoms with Crippen molar-refractivity contribution >= 4 is 34.1 Å². The van der Waals surface area contributed by atoms with Gasteiger partial charge in [0.25, 0.3) is 0 Å². The third kappa shape index (κ3) is 4.33. The van der Waals surface area contributed by atoms with Crippen LogP contribution < -0.4 is 10.2 Å². The first-order valence-corrected chi connectivity index (χ1v) is 13.2. The molecule has 0 bridgehead atoms. The molecular formula is C29H30FN7O2. The van der Waals surface area contributed by atoms with Crippen molar-refractivity contribution in [1.82, 2.24) is 19.3 Å². The zero-order valence-corrected chi connectivity index (χ0v) is 22.2. The molecule has 1 N–H and O–H groups in total. The Balaban J connectivity index is 1.36.